The van der Waals surface area contributed by atoms with E-state index in [1.165, 1.54) is 4.52 Å². The van der Waals surface area contributed by atoms with E-state index < -0.39 is 11.6 Å². The highest BCUT2D eigenvalue weighted by molar-refractivity contribution is 5.92. The number of nitrogen functional groups attached to an aromatic ring is 1. The first-order valence-corrected chi connectivity index (χ1v) is 9.82. The van der Waals surface area contributed by atoms with Gasteiger partial charge in [0, 0.05) is 24.6 Å². The summed E-state index contributed by atoms with van der Waals surface area (Å²) in [7, 11) is 0. The van der Waals surface area contributed by atoms with E-state index in [0.29, 0.717) is 18.2 Å². The van der Waals surface area contributed by atoms with Gasteiger partial charge in [-0.05, 0) is 32.8 Å². The van der Waals surface area contributed by atoms with Gasteiger partial charge >= 0.3 is 0 Å². The summed E-state index contributed by atoms with van der Waals surface area (Å²) in [5, 5.41) is 11.3. The molecule has 1 aliphatic rings. The topological polar surface area (TPSA) is 131 Å². The molecule has 3 N–H and O–H groups in total. The monoisotopic (exact) mass is 427 g/mol. The minimum Gasteiger partial charge on any atom is -0.368 e. The number of aromatic nitrogens is 7. The van der Waals surface area contributed by atoms with Gasteiger partial charge < -0.3 is 10.6 Å². The highest BCUT2D eigenvalue weighted by Gasteiger charge is 2.34. The molecular formula is C19H19F2N9O. The van der Waals surface area contributed by atoms with Crippen LogP contribution < -0.4 is 5.73 Å². The Morgan fingerprint density at radius 3 is 2.77 bits per heavy atom. The normalized spacial score (nSPS) is 19.4. The van der Waals surface area contributed by atoms with Crippen molar-refractivity contribution < 1.29 is 13.6 Å². The highest BCUT2D eigenvalue weighted by atomic mass is 19.1. The molecule has 31 heavy (non-hydrogen) atoms. The van der Waals surface area contributed by atoms with E-state index in [4.69, 9.17) is 5.73 Å². The lowest BCUT2D eigenvalue weighted by atomic mass is 9.92. The van der Waals surface area contributed by atoms with Crippen LogP contribution in [0.3, 0.4) is 0 Å². The molecule has 3 aromatic heterocycles. The third kappa shape index (κ3) is 3.14. The Balaban J connectivity index is 1.53. The zero-order valence-corrected chi connectivity index (χ0v) is 16.8. The van der Waals surface area contributed by atoms with Crippen molar-refractivity contribution in [2.75, 3.05) is 12.3 Å². The predicted molar refractivity (Wildman–Crippen MR) is 106 cm³/mol. The van der Waals surface area contributed by atoms with Crippen LogP contribution in [0.5, 0.6) is 0 Å². The number of halogens is 2. The van der Waals surface area contributed by atoms with Crippen LogP contribution in [0.25, 0.3) is 16.6 Å². The molecule has 160 valence electrons. The van der Waals surface area contributed by atoms with Gasteiger partial charge in [0.2, 0.25) is 11.8 Å². The number of H-pyrrole nitrogens is 1. The van der Waals surface area contributed by atoms with Crippen molar-refractivity contribution in [3.8, 4) is 0 Å². The number of rotatable bonds is 2. The van der Waals surface area contributed by atoms with Gasteiger partial charge in [0.05, 0.1) is 5.39 Å². The minimum absolute atomic E-state index is 0.00431. The molecule has 1 aromatic carbocycles. The number of aromatic amines is 1. The Kier molecular flexibility index (Phi) is 4.31. The number of fused-ring (bicyclic) bond motifs is 3. The van der Waals surface area contributed by atoms with Crippen molar-refractivity contribution in [2.45, 2.75) is 38.6 Å². The Morgan fingerprint density at radius 1 is 1.23 bits per heavy atom. The standard InChI is InChI=1S/C19H19F2N9O/c1-8-3-4-10(7-29(8)18(31)16-23-9(2)26-27-16)15-25-17-12-5-11(20)6-13(21)14(12)24-19(22)30(17)28-15/h5-6,8,10H,3-4,7H2,1-2H3,(H2,22,24)(H,23,26,27)/t8-,10+/m0/s1. The van der Waals surface area contributed by atoms with Crippen LogP contribution in [0.15, 0.2) is 12.1 Å². The van der Waals surface area contributed by atoms with Gasteiger partial charge in [-0.15, -0.1) is 10.2 Å². The van der Waals surface area contributed by atoms with Crippen molar-refractivity contribution >= 4 is 28.4 Å². The largest absolute Gasteiger partial charge is 0.368 e. The molecule has 10 nitrogen and oxygen atoms in total. The number of benzene rings is 1. The molecule has 4 aromatic rings. The summed E-state index contributed by atoms with van der Waals surface area (Å²) in [6, 6.07) is 1.90. The SMILES string of the molecule is Cc1nc(C(=O)N2C[C@H](c3nc4c5cc(F)cc(F)c5nc(N)n4n3)CC[C@@H]2C)n[nH]1. The van der Waals surface area contributed by atoms with Gasteiger partial charge in [-0.1, -0.05) is 0 Å². The average Bonchev–Trinajstić information content (AvgIpc) is 3.36. The Morgan fingerprint density at radius 2 is 2.03 bits per heavy atom. The van der Waals surface area contributed by atoms with Crippen molar-refractivity contribution in [2.24, 2.45) is 0 Å². The smallest absolute Gasteiger partial charge is 0.293 e. The Hall–Kier alpha value is -3.70. The fraction of sp³-hybridized carbons (Fsp3) is 0.368. The fourth-order valence-corrected chi connectivity index (χ4v) is 4.01. The first kappa shape index (κ1) is 19.3. The number of aryl methyl sites for hydroxylation is 1. The highest BCUT2D eigenvalue weighted by Crippen LogP contribution is 2.31. The number of carbonyl (C=O) groups is 1. The second kappa shape index (κ2) is 6.93. The van der Waals surface area contributed by atoms with Crippen LogP contribution in [0.1, 0.15) is 48.0 Å². The number of likely N-dealkylation sites (tertiary alicyclic amines) is 1. The average molecular weight is 427 g/mol. The molecule has 4 heterocycles. The van der Waals surface area contributed by atoms with Crippen LogP contribution >= 0.6 is 0 Å². The van der Waals surface area contributed by atoms with Gasteiger partial charge in [0.25, 0.3) is 5.91 Å². The number of nitrogens with two attached hydrogens (primary N) is 1. The van der Waals surface area contributed by atoms with Gasteiger partial charge in [0.15, 0.2) is 17.3 Å². The molecule has 0 saturated carbocycles. The van der Waals surface area contributed by atoms with Gasteiger partial charge in [0.1, 0.15) is 17.2 Å². The number of hydrogen-bond donors (Lipinski definition) is 2. The summed E-state index contributed by atoms with van der Waals surface area (Å²) in [6.07, 6.45) is 1.47. The van der Waals surface area contributed by atoms with Gasteiger partial charge in [-0.25, -0.2) is 23.7 Å². The Labute approximate surface area is 174 Å². The summed E-state index contributed by atoms with van der Waals surface area (Å²) < 4.78 is 29.3. The first-order valence-electron chi connectivity index (χ1n) is 9.82. The summed E-state index contributed by atoms with van der Waals surface area (Å²) in [6.45, 7) is 4.05. The molecule has 2 atom stereocenters. The van der Waals surface area contributed by atoms with E-state index in [-0.39, 0.29) is 46.2 Å². The van der Waals surface area contributed by atoms with E-state index in [2.05, 4.69) is 30.2 Å². The molecule has 1 fully saturated rings. The van der Waals surface area contributed by atoms with Crippen LogP contribution in [0.4, 0.5) is 14.7 Å². The van der Waals surface area contributed by atoms with Crippen LogP contribution in [0.2, 0.25) is 0 Å². The molecular weight excluding hydrogens is 408 g/mol. The van der Waals surface area contributed by atoms with Crippen LogP contribution in [-0.4, -0.2) is 58.2 Å². The summed E-state index contributed by atoms with van der Waals surface area (Å²) in [5.41, 5.74) is 6.10. The van der Waals surface area contributed by atoms with E-state index in [1.54, 1.807) is 11.8 Å². The maximum absolute atomic E-state index is 14.2. The molecule has 5 rings (SSSR count). The van der Waals surface area contributed by atoms with Gasteiger partial charge in [-0.2, -0.15) is 4.52 Å². The van der Waals surface area contributed by atoms with Crippen molar-refractivity contribution in [3.05, 3.63) is 41.2 Å². The summed E-state index contributed by atoms with van der Waals surface area (Å²) in [4.78, 5) is 27.3. The molecule has 0 aliphatic carbocycles. The van der Waals surface area contributed by atoms with Gasteiger partial charge in [-0.3, -0.25) is 9.89 Å². The number of amides is 1. The summed E-state index contributed by atoms with van der Waals surface area (Å²) in [5.74, 6) is -0.984. The van der Waals surface area contributed by atoms with Crippen LogP contribution in [-0.2, 0) is 0 Å². The maximum Gasteiger partial charge on any atom is 0.293 e. The Bertz CT molecular complexity index is 1330. The number of carbonyl (C=O) groups excluding carboxylic acids is 1. The van der Waals surface area contributed by atoms with Crippen LogP contribution in [0, 0.1) is 18.6 Å². The zero-order valence-electron chi connectivity index (χ0n) is 16.8. The number of piperidine rings is 1. The van der Waals surface area contributed by atoms with Crippen molar-refractivity contribution in [1.82, 2.24) is 39.7 Å². The lowest BCUT2D eigenvalue weighted by Crippen LogP contribution is -2.45. The molecule has 0 radical (unpaired) electrons. The molecule has 12 heteroatoms. The minimum atomic E-state index is -0.821. The van der Waals surface area contributed by atoms with Crippen molar-refractivity contribution in [1.29, 1.82) is 0 Å². The lowest BCUT2D eigenvalue weighted by molar-refractivity contribution is 0.0594. The molecule has 0 unspecified atom stereocenters. The molecule has 1 saturated heterocycles. The van der Waals surface area contributed by atoms with E-state index in [1.807, 2.05) is 6.92 Å². The first-order chi connectivity index (χ1) is 14.8. The lowest BCUT2D eigenvalue weighted by Gasteiger charge is -2.36. The van der Waals surface area contributed by atoms with E-state index >= 15 is 0 Å². The quantitative estimate of drug-likeness (QED) is 0.500. The predicted octanol–water partition coefficient (Wildman–Crippen LogP) is 1.97. The second-order valence-electron chi connectivity index (χ2n) is 7.78. The third-order valence-corrected chi connectivity index (χ3v) is 5.63. The van der Waals surface area contributed by atoms with E-state index in [9.17, 15) is 13.6 Å². The molecule has 1 aliphatic heterocycles. The number of hydrogen-bond acceptors (Lipinski definition) is 7. The maximum atomic E-state index is 14.2. The second-order valence-corrected chi connectivity index (χ2v) is 7.78. The third-order valence-electron chi connectivity index (χ3n) is 5.63. The number of nitrogens with one attached hydrogen (secondary N) is 1. The summed E-state index contributed by atoms with van der Waals surface area (Å²) >= 11 is 0. The molecule has 0 spiro atoms. The molecule has 0 bridgehead atoms. The fourth-order valence-electron chi connectivity index (χ4n) is 4.01. The number of nitrogens with zero attached hydrogens (tertiary/aromatic N) is 7. The van der Waals surface area contributed by atoms with E-state index in [0.717, 1.165) is 25.0 Å². The molecule has 1 amide bonds. The van der Waals surface area contributed by atoms with Crippen molar-refractivity contribution in [3.63, 3.8) is 0 Å². The zero-order chi connectivity index (χ0) is 21.9. The number of anilines is 1.